The molecule has 0 aliphatic carbocycles. The van der Waals surface area contributed by atoms with Crippen LogP contribution in [0, 0.1) is 5.82 Å². The number of esters is 1. The molecule has 0 aliphatic heterocycles. The average molecular weight is 259 g/mol. The van der Waals surface area contributed by atoms with Gasteiger partial charge >= 0.3 is 5.97 Å². The Bertz CT molecular complexity index is 432. The van der Waals surface area contributed by atoms with Gasteiger partial charge in [-0.2, -0.15) is 0 Å². The Morgan fingerprint density at radius 2 is 2.12 bits per heavy atom. The van der Waals surface area contributed by atoms with Gasteiger partial charge in [0.25, 0.3) is 0 Å². The van der Waals surface area contributed by atoms with Crippen molar-refractivity contribution in [1.82, 2.24) is 0 Å². The summed E-state index contributed by atoms with van der Waals surface area (Å²) in [6.07, 6.45) is 0.0591. The lowest BCUT2D eigenvalue weighted by Crippen LogP contribution is -2.09. The van der Waals surface area contributed by atoms with Crippen LogP contribution in [0.3, 0.4) is 0 Å². The number of alkyl halides is 1. The van der Waals surface area contributed by atoms with Crippen LogP contribution in [0.1, 0.15) is 22.8 Å². The summed E-state index contributed by atoms with van der Waals surface area (Å²) in [5.74, 6) is -1.71. The van der Waals surface area contributed by atoms with E-state index >= 15 is 0 Å². The van der Waals surface area contributed by atoms with E-state index < -0.39 is 11.8 Å². The maximum atomic E-state index is 13.5. The van der Waals surface area contributed by atoms with E-state index in [0.29, 0.717) is 5.56 Å². The van der Waals surface area contributed by atoms with E-state index in [1.165, 1.54) is 12.1 Å². The smallest absolute Gasteiger partial charge is 0.341 e. The van der Waals surface area contributed by atoms with Crippen molar-refractivity contribution in [2.75, 3.05) is 12.5 Å². The molecular formula is C12H12ClFO3. The number of hydrogen-bond acceptors (Lipinski definition) is 3. The van der Waals surface area contributed by atoms with Crippen molar-refractivity contribution in [3.63, 3.8) is 0 Å². The molecule has 5 heteroatoms. The van der Waals surface area contributed by atoms with Crippen LogP contribution in [-0.2, 0) is 16.0 Å². The summed E-state index contributed by atoms with van der Waals surface area (Å²) >= 11 is 5.35. The molecular weight excluding hydrogens is 247 g/mol. The Hall–Kier alpha value is -1.42. The van der Waals surface area contributed by atoms with E-state index in [9.17, 15) is 14.0 Å². The monoisotopic (exact) mass is 258 g/mol. The molecule has 1 aromatic rings. The summed E-state index contributed by atoms with van der Waals surface area (Å²) in [4.78, 5) is 22.4. The van der Waals surface area contributed by atoms with Gasteiger partial charge in [-0.25, -0.2) is 9.18 Å². The fourth-order valence-electron chi connectivity index (χ4n) is 1.32. The Morgan fingerprint density at radius 1 is 1.41 bits per heavy atom. The molecule has 0 aromatic heterocycles. The van der Waals surface area contributed by atoms with Crippen LogP contribution >= 0.6 is 11.6 Å². The number of carbonyl (C=O) groups is 2. The van der Waals surface area contributed by atoms with E-state index in [2.05, 4.69) is 4.74 Å². The lowest BCUT2D eigenvalue weighted by molar-refractivity contribution is -0.116. The van der Waals surface area contributed by atoms with Crippen LogP contribution in [0.25, 0.3) is 0 Å². The molecule has 0 saturated carbocycles. The molecule has 0 unspecified atom stereocenters. The van der Waals surface area contributed by atoms with Gasteiger partial charge in [-0.3, -0.25) is 4.79 Å². The molecule has 0 N–H and O–H groups in total. The zero-order chi connectivity index (χ0) is 12.8. The van der Waals surface area contributed by atoms with E-state index in [1.54, 1.807) is 6.92 Å². The zero-order valence-corrected chi connectivity index (χ0v) is 10.1. The number of hydrogen-bond donors (Lipinski definition) is 0. The minimum Gasteiger partial charge on any atom is -0.462 e. The van der Waals surface area contributed by atoms with E-state index in [0.717, 1.165) is 6.07 Å². The summed E-state index contributed by atoms with van der Waals surface area (Å²) in [5.41, 5.74) is 0.357. The number of halogens is 2. The topological polar surface area (TPSA) is 43.4 Å². The van der Waals surface area contributed by atoms with Gasteiger partial charge in [0.15, 0.2) is 5.78 Å². The predicted octanol–water partition coefficient (Wildman–Crippen LogP) is 2.35. The normalized spacial score (nSPS) is 10.1. The summed E-state index contributed by atoms with van der Waals surface area (Å²) in [6.45, 7) is 1.83. The maximum absolute atomic E-state index is 13.5. The van der Waals surface area contributed by atoms with Gasteiger partial charge in [-0.15, -0.1) is 11.6 Å². The largest absolute Gasteiger partial charge is 0.462 e. The molecule has 92 valence electrons. The molecule has 0 heterocycles. The average Bonchev–Trinajstić information content (AvgIpc) is 2.29. The van der Waals surface area contributed by atoms with Gasteiger partial charge in [0.05, 0.1) is 18.1 Å². The fraction of sp³-hybridized carbons (Fsp3) is 0.333. The SMILES string of the molecule is CCOC(=O)c1ccc(CC(=O)CCl)cc1F. The lowest BCUT2D eigenvalue weighted by atomic mass is 10.1. The van der Waals surface area contributed by atoms with Crippen LogP contribution in [0.15, 0.2) is 18.2 Å². The molecule has 0 saturated heterocycles. The molecule has 0 radical (unpaired) electrons. The highest BCUT2D eigenvalue weighted by Gasteiger charge is 2.13. The second-order valence-electron chi connectivity index (χ2n) is 3.38. The first-order valence-corrected chi connectivity index (χ1v) is 5.65. The zero-order valence-electron chi connectivity index (χ0n) is 9.33. The van der Waals surface area contributed by atoms with Crippen LogP contribution in [0.5, 0.6) is 0 Å². The summed E-state index contributed by atoms with van der Waals surface area (Å²) in [5, 5.41) is 0. The maximum Gasteiger partial charge on any atom is 0.341 e. The van der Waals surface area contributed by atoms with Crippen molar-refractivity contribution < 1.29 is 18.7 Å². The van der Waals surface area contributed by atoms with Crippen LogP contribution < -0.4 is 0 Å². The molecule has 17 heavy (non-hydrogen) atoms. The molecule has 0 atom stereocenters. The second kappa shape index (κ2) is 6.35. The Kier molecular flexibility index (Phi) is 5.10. The van der Waals surface area contributed by atoms with Crippen LogP contribution in [-0.4, -0.2) is 24.2 Å². The molecule has 1 aromatic carbocycles. The summed E-state index contributed by atoms with van der Waals surface area (Å²) < 4.78 is 18.2. The fourth-order valence-corrected chi connectivity index (χ4v) is 1.41. The molecule has 3 nitrogen and oxygen atoms in total. The molecule has 1 rings (SSSR count). The quantitative estimate of drug-likeness (QED) is 0.601. The van der Waals surface area contributed by atoms with Gasteiger partial charge in [-0.1, -0.05) is 6.07 Å². The van der Waals surface area contributed by atoms with E-state index in [-0.39, 0.29) is 30.3 Å². The van der Waals surface area contributed by atoms with Crippen molar-refractivity contribution in [2.45, 2.75) is 13.3 Å². The van der Waals surface area contributed by atoms with Crippen LogP contribution in [0.4, 0.5) is 4.39 Å². The van der Waals surface area contributed by atoms with Gasteiger partial charge in [0.1, 0.15) is 5.82 Å². The van der Waals surface area contributed by atoms with Crippen molar-refractivity contribution in [3.8, 4) is 0 Å². The minimum atomic E-state index is -0.708. The van der Waals surface area contributed by atoms with E-state index in [4.69, 9.17) is 11.6 Å². The van der Waals surface area contributed by atoms with Gasteiger partial charge in [-0.05, 0) is 24.6 Å². The summed E-state index contributed by atoms with van der Waals surface area (Å²) in [6, 6.07) is 3.97. The van der Waals surface area contributed by atoms with Crippen molar-refractivity contribution in [1.29, 1.82) is 0 Å². The van der Waals surface area contributed by atoms with Gasteiger partial charge in [0.2, 0.25) is 0 Å². The Labute approximate surface area is 104 Å². The number of carbonyl (C=O) groups excluding carboxylic acids is 2. The molecule has 0 spiro atoms. The standard InChI is InChI=1S/C12H12ClFO3/c1-2-17-12(16)10-4-3-8(6-11(10)14)5-9(15)7-13/h3-4,6H,2,5,7H2,1H3. The number of ether oxygens (including phenoxy) is 1. The number of rotatable bonds is 5. The van der Waals surface area contributed by atoms with Crippen molar-refractivity contribution >= 4 is 23.4 Å². The second-order valence-corrected chi connectivity index (χ2v) is 3.65. The molecule has 0 fully saturated rings. The Balaban J connectivity index is 2.86. The first kappa shape index (κ1) is 13.6. The van der Waals surface area contributed by atoms with Crippen LogP contribution in [0.2, 0.25) is 0 Å². The highest BCUT2D eigenvalue weighted by molar-refractivity contribution is 6.27. The van der Waals surface area contributed by atoms with Gasteiger partial charge in [0, 0.05) is 6.42 Å². The highest BCUT2D eigenvalue weighted by atomic mass is 35.5. The molecule has 0 bridgehead atoms. The first-order valence-electron chi connectivity index (χ1n) is 5.11. The molecule has 0 amide bonds. The number of benzene rings is 1. The van der Waals surface area contributed by atoms with Crippen molar-refractivity contribution in [3.05, 3.63) is 35.1 Å². The highest BCUT2D eigenvalue weighted by Crippen LogP contribution is 2.12. The predicted molar refractivity (Wildman–Crippen MR) is 61.8 cm³/mol. The van der Waals surface area contributed by atoms with Gasteiger partial charge < -0.3 is 4.74 Å². The lowest BCUT2D eigenvalue weighted by Gasteiger charge is -2.05. The third kappa shape index (κ3) is 3.82. The van der Waals surface area contributed by atoms with E-state index in [1.807, 2.05) is 0 Å². The van der Waals surface area contributed by atoms with Crippen molar-refractivity contribution in [2.24, 2.45) is 0 Å². The number of ketones is 1. The Morgan fingerprint density at radius 3 is 2.65 bits per heavy atom. The third-order valence-corrected chi connectivity index (χ3v) is 2.38. The first-order chi connectivity index (χ1) is 8.08. The third-order valence-electron chi connectivity index (χ3n) is 2.08. The molecule has 0 aliphatic rings. The minimum absolute atomic E-state index is 0.0591. The summed E-state index contributed by atoms with van der Waals surface area (Å²) in [7, 11) is 0. The number of Topliss-reactive ketones (excluding diaryl/α,β-unsaturated/α-hetero) is 1.